The van der Waals surface area contributed by atoms with Gasteiger partial charge in [0.05, 0.1) is 5.41 Å². The van der Waals surface area contributed by atoms with Gasteiger partial charge in [-0.25, -0.2) is 0 Å². The number of amides is 1. The molecule has 0 atom stereocenters. The molecule has 114 valence electrons. The second-order valence-corrected chi connectivity index (χ2v) is 5.81. The fourth-order valence-electron chi connectivity index (χ4n) is 2.49. The van der Waals surface area contributed by atoms with Gasteiger partial charge in [0.1, 0.15) is 0 Å². The first-order valence-corrected chi connectivity index (χ1v) is 7.66. The maximum atomic E-state index is 12.4. The van der Waals surface area contributed by atoms with E-state index >= 15 is 0 Å². The molecule has 5 heteroatoms. The van der Waals surface area contributed by atoms with Crippen molar-refractivity contribution in [1.82, 2.24) is 5.32 Å². The van der Waals surface area contributed by atoms with Crippen molar-refractivity contribution in [3.05, 3.63) is 34.9 Å². The number of carbonyl (C=O) groups is 2. The molecular formula is C16H20ClNO3. The lowest BCUT2D eigenvalue weighted by Gasteiger charge is -2.39. The Morgan fingerprint density at radius 2 is 1.95 bits per heavy atom. The van der Waals surface area contributed by atoms with E-state index in [1.54, 1.807) is 12.1 Å². The molecule has 0 aromatic heterocycles. The lowest BCUT2D eigenvalue weighted by atomic mass is 9.64. The highest BCUT2D eigenvalue weighted by molar-refractivity contribution is 6.30. The molecule has 1 aliphatic carbocycles. The first kappa shape index (κ1) is 15.8. The highest BCUT2D eigenvalue weighted by atomic mass is 35.5. The summed E-state index contributed by atoms with van der Waals surface area (Å²) in [6, 6.07) is 7.27. The smallest absolute Gasteiger partial charge is 0.317 e. The van der Waals surface area contributed by atoms with Crippen LogP contribution in [0.15, 0.2) is 24.3 Å². The van der Waals surface area contributed by atoms with Gasteiger partial charge in [-0.1, -0.05) is 37.1 Å². The second kappa shape index (κ2) is 6.94. The molecule has 4 nitrogen and oxygen atoms in total. The summed E-state index contributed by atoms with van der Waals surface area (Å²) in [7, 11) is 0. The third kappa shape index (κ3) is 3.56. The quantitative estimate of drug-likeness (QED) is 0.822. The number of carbonyl (C=O) groups excluding carboxylic acids is 2. The molecule has 1 N–H and O–H groups in total. The summed E-state index contributed by atoms with van der Waals surface area (Å²) >= 11 is 5.88. The Morgan fingerprint density at radius 1 is 1.29 bits per heavy atom. The molecule has 0 aliphatic heterocycles. The van der Waals surface area contributed by atoms with Crippen LogP contribution >= 0.6 is 11.6 Å². The van der Waals surface area contributed by atoms with Gasteiger partial charge in [0, 0.05) is 11.6 Å². The van der Waals surface area contributed by atoms with Gasteiger partial charge in [-0.05, 0) is 37.0 Å². The van der Waals surface area contributed by atoms with E-state index < -0.39 is 5.41 Å². The summed E-state index contributed by atoms with van der Waals surface area (Å²) in [6.45, 7) is 2.35. The minimum absolute atomic E-state index is 0.214. The van der Waals surface area contributed by atoms with Crippen molar-refractivity contribution in [3.8, 4) is 0 Å². The van der Waals surface area contributed by atoms with Crippen LogP contribution in [0.5, 0.6) is 0 Å². The molecular weight excluding hydrogens is 290 g/mol. The maximum absolute atomic E-state index is 12.4. The lowest BCUT2D eigenvalue weighted by Crippen LogP contribution is -2.44. The van der Waals surface area contributed by atoms with Crippen LogP contribution in [0, 0.1) is 0 Å². The van der Waals surface area contributed by atoms with Crippen molar-refractivity contribution in [2.75, 3.05) is 13.2 Å². The van der Waals surface area contributed by atoms with Crippen molar-refractivity contribution in [2.45, 2.75) is 38.0 Å². The van der Waals surface area contributed by atoms with Gasteiger partial charge in [-0.15, -0.1) is 0 Å². The van der Waals surface area contributed by atoms with Gasteiger partial charge in [0.25, 0.3) is 5.91 Å². The molecule has 0 saturated heterocycles. The first-order chi connectivity index (χ1) is 10.1. The summed E-state index contributed by atoms with van der Waals surface area (Å²) in [5.74, 6) is -0.571. The Morgan fingerprint density at radius 3 is 2.48 bits per heavy atom. The van der Waals surface area contributed by atoms with E-state index in [0.29, 0.717) is 11.6 Å². The number of ether oxygens (including phenoxy) is 1. The largest absolute Gasteiger partial charge is 0.455 e. The number of benzene rings is 1. The van der Waals surface area contributed by atoms with Gasteiger partial charge in [0.2, 0.25) is 0 Å². The van der Waals surface area contributed by atoms with E-state index in [1.165, 1.54) is 0 Å². The Balaban J connectivity index is 1.98. The maximum Gasteiger partial charge on any atom is 0.317 e. The molecule has 0 bridgehead atoms. The highest BCUT2D eigenvalue weighted by Gasteiger charge is 2.47. The summed E-state index contributed by atoms with van der Waals surface area (Å²) in [5.41, 5.74) is 0.312. The highest BCUT2D eigenvalue weighted by Crippen LogP contribution is 2.44. The molecule has 1 aliphatic rings. The zero-order valence-corrected chi connectivity index (χ0v) is 12.9. The standard InChI is InChI=1S/C16H20ClNO3/c1-2-10-18-14(19)11-21-15(20)16(8-3-9-16)12-4-6-13(17)7-5-12/h4-7H,2-3,8-11H2,1H3,(H,18,19). The van der Waals surface area contributed by atoms with Crippen molar-refractivity contribution in [3.63, 3.8) is 0 Å². The average Bonchev–Trinajstić information content (AvgIpc) is 2.43. The lowest BCUT2D eigenvalue weighted by molar-refractivity contribution is -0.157. The van der Waals surface area contributed by atoms with Crippen LogP contribution in [-0.2, 0) is 19.7 Å². The molecule has 2 rings (SSSR count). The third-order valence-corrected chi connectivity index (χ3v) is 4.15. The van der Waals surface area contributed by atoms with E-state index in [4.69, 9.17) is 16.3 Å². The van der Waals surface area contributed by atoms with Crippen LogP contribution in [-0.4, -0.2) is 25.0 Å². The van der Waals surface area contributed by atoms with Crippen LogP contribution in [0.3, 0.4) is 0 Å². The van der Waals surface area contributed by atoms with Crippen molar-refractivity contribution in [2.24, 2.45) is 0 Å². The summed E-state index contributed by atoms with van der Waals surface area (Å²) in [4.78, 5) is 23.9. The van der Waals surface area contributed by atoms with E-state index in [2.05, 4.69) is 5.32 Å². The first-order valence-electron chi connectivity index (χ1n) is 7.28. The fourth-order valence-corrected chi connectivity index (χ4v) is 2.62. The summed E-state index contributed by atoms with van der Waals surface area (Å²) < 4.78 is 5.21. The molecule has 1 fully saturated rings. The Kier molecular flexibility index (Phi) is 5.23. The molecule has 0 heterocycles. The second-order valence-electron chi connectivity index (χ2n) is 5.37. The van der Waals surface area contributed by atoms with Crippen molar-refractivity contribution < 1.29 is 14.3 Å². The summed E-state index contributed by atoms with van der Waals surface area (Å²) in [5, 5.41) is 3.33. The minimum atomic E-state index is -0.602. The van der Waals surface area contributed by atoms with Crippen LogP contribution in [0.2, 0.25) is 5.02 Å². The molecule has 1 saturated carbocycles. The average molecular weight is 310 g/mol. The van der Waals surface area contributed by atoms with Gasteiger partial charge in [-0.3, -0.25) is 9.59 Å². The van der Waals surface area contributed by atoms with E-state index in [1.807, 2.05) is 19.1 Å². The fraction of sp³-hybridized carbons (Fsp3) is 0.500. The Bertz CT molecular complexity index is 509. The van der Waals surface area contributed by atoms with Gasteiger partial charge in [-0.2, -0.15) is 0 Å². The van der Waals surface area contributed by atoms with Crippen LogP contribution < -0.4 is 5.32 Å². The predicted molar refractivity (Wildman–Crippen MR) is 81.2 cm³/mol. The van der Waals surface area contributed by atoms with Crippen LogP contribution in [0.25, 0.3) is 0 Å². The third-order valence-electron chi connectivity index (χ3n) is 3.90. The number of hydrogen-bond donors (Lipinski definition) is 1. The van der Waals surface area contributed by atoms with Crippen molar-refractivity contribution >= 4 is 23.5 Å². The summed E-state index contributed by atoms with van der Waals surface area (Å²) in [6.07, 6.45) is 3.35. The topological polar surface area (TPSA) is 55.4 Å². The molecule has 0 unspecified atom stereocenters. The number of halogens is 1. The normalized spacial score (nSPS) is 15.9. The van der Waals surface area contributed by atoms with E-state index in [9.17, 15) is 9.59 Å². The van der Waals surface area contributed by atoms with Crippen molar-refractivity contribution in [1.29, 1.82) is 0 Å². The van der Waals surface area contributed by atoms with E-state index in [-0.39, 0.29) is 18.5 Å². The molecule has 1 aromatic carbocycles. The number of hydrogen-bond acceptors (Lipinski definition) is 3. The SMILES string of the molecule is CCCNC(=O)COC(=O)C1(c2ccc(Cl)cc2)CCC1. The number of nitrogens with one attached hydrogen (secondary N) is 1. The van der Waals surface area contributed by atoms with E-state index in [0.717, 1.165) is 31.2 Å². The monoisotopic (exact) mass is 309 g/mol. The van der Waals surface area contributed by atoms with Gasteiger partial charge < -0.3 is 10.1 Å². The zero-order valence-electron chi connectivity index (χ0n) is 12.2. The number of rotatable bonds is 6. The zero-order chi connectivity index (χ0) is 15.3. The molecule has 0 spiro atoms. The minimum Gasteiger partial charge on any atom is -0.455 e. The predicted octanol–water partition coefficient (Wildman–Crippen LogP) is 2.83. The van der Waals surface area contributed by atoms with Gasteiger partial charge in [0.15, 0.2) is 6.61 Å². The molecule has 1 amide bonds. The van der Waals surface area contributed by atoms with Crippen LogP contribution in [0.4, 0.5) is 0 Å². The Hall–Kier alpha value is -1.55. The molecule has 1 aromatic rings. The van der Waals surface area contributed by atoms with Crippen LogP contribution in [0.1, 0.15) is 38.2 Å². The molecule has 21 heavy (non-hydrogen) atoms. The van der Waals surface area contributed by atoms with Gasteiger partial charge >= 0.3 is 5.97 Å². The number of esters is 1. The molecule has 0 radical (unpaired) electrons. The Labute approximate surface area is 129 Å².